The summed E-state index contributed by atoms with van der Waals surface area (Å²) in [6, 6.07) is -0.488. The molecule has 0 radical (unpaired) electrons. The van der Waals surface area contributed by atoms with Gasteiger partial charge in [-0.25, -0.2) is 18.2 Å². The van der Waals surface area contributed by atoms with Crippen molar-refractivity contribution in [3.63, 3.8) is 0 Å². The summed E-state index contributed by atoms with van der Waals surface area (Å²) in [5.74, 6) is -12.8. The Bertz CT molecular complexity index is 4160. The molecule has 63 heteroatoms. The highest BCUT2D eigenvalue weighted by Gasteiger charge is 2.59. The molecule has 5 aliphatic heterocycles. The first-order valence-electron chi connectivity index (χ1n) is 40.5. The highest BCUT2D eigenvalue weighted by molar-refractivity contribution is 7.88. The molecule has 51 nitrogen and oxygen atoms in total. The van der Waals surface area contributed by atoms with E-state index in [2.05, 4.69) is 23.6 Å². The van der Waals surface area contributed by atoms with Crippen LogP contribution in [-0.4, -0.2) is 364 Å². The van der Waals surface area contributed by atoms with Gasteiger partial charge < -0.3 is 133 Å². The third kappa shape index (κ3) is 33.3. The van der Waals surface area contributed by atoms with E-state index in [9.17, 15) is 100 Å². The molecule has 2 aliphatic carbocycles. The van der Waals surface area contributed by atoms with Crippen molar-refractivity contribution in [1.82, 2.24) is 45.1 Å². The fraction of sp³-hybridized carbons (Fsp3) is 0.905. The lowest BCUT2D eigenvalue weighted by atomic mass is 9.74. The summed E-state index contributed by atoms with van der Waals surface area (Å²) in [7, 11) is -27.5. The maximum atomic E-state index is 13.0. The molecule has 7 fully saturated rings. The molecule has 0 aromatic heterocycles. The van der Waals surface area contributed by atoms with Crippen molar-refractivity contribution in [2.24, 2.45) is 86.9 Å². The maximum absolute atomic E-state index is 13.0. The van der Waals surface area contributed by atoms with E-state index in [-0.39, 0.29) is 142 Å². The van der Waals surface area contributed by atoms with Gasteiger partial charge in [0.15, 0.2) is 0 Å². The Hall–Kier alpha value is -4.43. The Morgan fingerprint density at radius 3 is 0.817 bits per heavy atom. The molecular weight excluding hydrogens is 1780 g/mol. The molecule has 0 unspecified atom stereocenters. The number of nitrogens with zero attached hydrogens (tertiary/aromatic N) is 6. The van der Waals surface area contributed by atoms with Crippen LogP contribution in [0.3, 0.4) is 0 Å². The molecule has 0 spiro atoms. The Balaban J connectivity index is 0.000000407. The third-order valence-corrected chi connectivity index (χ3v) is 31.7. The molecular formula is C63H132B5F2N21O30S5. The van der Waals surface area contributed by atoms with Crippen molar-refractivity contribution < 1.29 is 151 Å². The van der Waals surface area contributed by atoms with Crippen LogP contribution >= 0.6 is 0 Å². The van der Waals surface area contributed by atoms with Crippen LogP contribution in [0.2, 0.25) is 31.6 Å². The first-order chi connectivity index (χ1) is 57.1. The molecule has 5 heterocycles. The number of aliphatic carboxylic acids is 5. The summed E-state index contributed by atoms with van der Waals surface area (Å²) < 4.78 is 167. The number of carboxylic acid groups (broad SMARTS) is 5. The number of carboxylic acids is 5. The van der Waals surface area contributed by atoms with E-state index < -0.39 is 252 Å². The van der Waals surface area contributed by atoms with E-state index in [0.717, 1.165) is 40.8 Å². The number of nitriles is 1. The van der Waals surface area contributed by atoms with Crippen molar-refractivity contribution in [3.05, 3.63) is 0 Å². The van der Waals surface area contributed by atoms with Crippen LogP contribution < -0.4 is 80.9 Å². The lowest BCUT2D eigenvalue weighted by molar-refractivity contribution is -0.145. The van der Waals surface area contributed by atoms with E-state index in [1.807, 2.05) is 0 Å². The fourth-order valence-corrected chi connectivity index (χ4v) is 22.3. The van der Waals surface area contributed by atoms with Gasteiger partial charge in [0.1, 0.15) is 33.7 Å². The zero-order valence-electron chi connectivity index (χ0n) is 71.4. The van der Waals surface area contributed by atoms with Crippen molar-refractivity contribution in [2.75, 3.05) is 85.1 Å². The number of hydrogen-bond donors (Lipinski definition) is 30. The SMILES string of the molecule is C[C@@H](NS(=O)(=O)N1C[C@H](CCCB(O)O)[C@](N)(C(=O)O)C1)C(C)(C)N.C[C@H](NS(=O)(=O)N1C[C@H](CCCB(O)O)[C@](N)(C(=O)O)C1)C(C)(C)N.N#C[C@H](N)CNS(=O)(=O)N1C[C@H](CCCB(O)O)[C@](N)(C(=O)O)C1.NC1(CNS(=O)(=O)N2C[C@H](CCCB(O)O)[C@](N)(C(=O)O)C2)CC(F)(F)C1.NC1(CNS(=O)(=O)N2C[C@H](CCCB(O)O)[C@](N)(C(=O)O)C2)CCC1. The minimum atomic E-state index is -4.17. The monoisotopic (exact) mass is 1920 g/mol. The van der Waals surface area contributed by atoms with Gasteiger partial charge in [-0.3, -0.25) is 24.0 Å². The predicted octanol–water partition coefficient (Wildman–Crippen LogP) is -12.0. The molecule has 5 saturated heterocycles. The van der Waals surface area contributed by atoms with Crippen molar-refractivity contribution >= 4 is 116 Å². The molecule has 126 heavy (non-hydrogen) atoms. The van der Waals surface area contributed by atoms with Gasteiger partial charge in [0, 0.05) is 162 Å². The highest BCUT2D eigenvalue weighted by Crippen LogP contribution is 2.44. The Morgan fingerprint density at radius 1 is 0.421 bits per heavy atom. The Kier molecular flexibility index (Phi) is 42.3. The standard InChI is InChI=1S/C13H25BF2N4O6S.C13H27BN4O6S.2C13H29BN4O6S.C11H22BN5O6S/c15-12(16)5-11(17,6-12)7-19-27(25,26)20-4-9(2-1-3-14(23)24)13(18,8-20)10(21)22;15-12(4-2-5-12)8-17-25(23,24)18-7-10(3-1-6-14(21)22)13(16,9-18)11(19)20;2*1-9(12(2,3)15)17-25(23,24)18-7-10(5-4-6-14(21)22)13(16,8-18)11(19)20;13-4-9(14)5-16-24(22,23)17-6-8(2-1-3-12(20)21)11(15,7-17)10(18)19/h9,19,23-24H,1-8,17-18H2,(H,21,22);10,17,21-22H,1-9,15-16H2,(H,19,20);2*9-10,17,21-22H,4-8,15-16H2,1-3H3,(H,19,20);8-9,16,20-21H,1-3,5-7,14-15H2,(H,18,19)/t9-,13-;10-,13-;9-,10+,13+;9-,10-,13-;8-,9-,11-/m00100/s1. The number of nitrogens with two attached hydrogens (primary N) is 10. The molecule has 7 aliphatic rings. The highest BCUT2D eigenvalue weighted by atomic mass is 32.2. The van der Waals surface area contributed by atoms with Crippen molar-refractivity contribution in [3.8, 4) is 6.07 Å². The van der Waals surface area contributed by atoms with Gasteiger partial charge >= 0.3 is 65.4 Å². The molecule has 2 saturated carbocycles. The molecule has 0 aromatic carbocycles. The second-order valence-electron chi connectivity index (χ2n) is 35.6. The lowest BCUT2D eigenvalue weighted by Gasteiger charge is -2.44. The second kappa shape index (κ2) is 46.0. The second-order valence-corrected chi connectivity index (χ2v) is 44.3. The molecule has 728 valence electrons. The summed E-state index contributed by atoms with van der Waals surface area (Å²) in [4.78, 5) is 57.9. The zero-order valence-corrected chi connectivity index (χ0v) is 75.5. The number of alkyl halides is 2. The number of halogens is 2. The van der Waals surface area contributed by atoms with E-state index in [0.29, 0.717) is 19.3 Å². The van der Waals surface area contributed by atoms with Crippen LogP contribution in [0.1, 0.15) is 138 Å². The molecule has 40 N–H and O–H groups in total. The van der Waals surface area contributed by atoms with E-state index in [1.54, 1.807) is 47.6 Å². The van der Waals surface area contributed by atoms with Crippen molar-refractivity contribution in [2.45, 2.75) is 243 Å². The van der Waals surface area contributed by atoms with Crippen molar-refractivity contribution in [1.29, 1.82) is 5.26 Å². The third-order valence-electron chi connectivity index (χ3n) is 24.0. The molecule has 13 atom stereocenters. The van der Waals surface area contributed by atoms with Gasteiger partial charge in [0.05, 0.1) is 6.07 Å². The number of hydrogen-bond acceptors (Lipinski definition) is 36. The van der Waals surface area contributed by atoms with E-state index in [1.165, 1.54) is 0 Å². The fourth-order valence-electron chi connectivity index (χ4n) is 14.9. The Morgan fingerprint density at radius 2 is 0.635 bits per heavy atom. The van der Waals surface area contributed by atoms with E-state index >= 15 is 0 Å². The minimum absolute atomic E-state index is 0.00110. The average Bonchev–Trinajstić information content (AvgIpc) is 1.33. The van der Waals surface area contributed by atoms with Crippen LogP contribution in [-0.2, 0) is 75.0 Å². The first kappa shape index (κ1) is 116. The number of nitrogens with one attached hydrogen (secondary N) is 5. The van der Waals surface area contributed by atoms with Crippen LogP contribution in [0.25, 0.3) is 0 Å². The van der Waals surface area contributed by atoms with Crippen LogP contribution in [0, 0.1) is 40.9 Å². The summed E-state index contributed by atoms with van der Waals surface area (Å²) in [6.07, 6.45) is 4.17. The van der Waals surface area contributed by atoms with Crippen LogP contribution in [0.15, 0.2) is 0 Å². The maximum Gasteiger partial charge on any atom is 0.451 e. The van der Waals surface area contributed by atoms with Gasteiger partial charge in [-0.1, -0.05) is 32.1 Å². The summed E-state index contributed by atoms with van der Waals surface area (Å²) in [5.41, 5.74) is 46.4. The van der Waals surface area contributed by atoms with Gasteiger partial charge in [0.25, 0.3) is 57.0 Å². The molecule has 0 aromatic rings. The van der Waals surface area contributed by atoms with Gasteiger partial charge in [-0.05, 0) is 125 Å². The number of rotatable bonds is 45. The predicted molar refractivity (Wildman–Crippen MR) is 455 cm³/mol. The quantitative estimate of drug-likeness (QED) is 0.0252. The lowest BCUT2D eigenvalue weighted by Crippen LogP contribution is -2.64. The normalized spacial score (nSPS) is 27.8. The van der Waals surface area contributed by atoms with Gasteiger partial charge in [-0.2, -0.15) is 83.0 Å². The van der Waals surface area contributed by atoms with Crippen LogP contribution in [0.5, 0.6) is 0 Å². The van der Waals surface area contributed by atoms with Gasteiger partial charge in [-0.15, -0.1) is 0 Å². The zero-order chi connectivity index (χ0) is 97.4. The molecule has 0 amide bonds. The summed E-state index contributed by atoms with van der Waals surface area (Å²) >= 11 is 0. The van der Waals surface area contributed by atoms with Gasteiger partial charge in [0.2, 0.25) is 0 Å². The Labute approximate surface area is 735 Å². The average molecular weight is 1920 g/mol. The first-order valence-corrected chi connectivity index (χ1v) is 47.7. The smallest absolute Gasteiger partial charge is 0.451 e. The summed E-state index contributed by atoms with van der Waals surface area (Å²) in [6.45, 7) is 6.95. The van der Waals surface area contributed by atoms with E-state index in [4.69, 9.17) is 113 Å². The molecule has 0 bridgehead atoms. The van der Waals surface area contributed by atoms with Crippen LogP contribution in [0.4, 0.5) is 8.78 Å². The summed E-state index contributed by atoms with van der Waals surface area (Å²) in [5, 5.41) is 145. The minimum Gasteiger partial charge on any atom is -0.480 e. The topological polar surface area (TPSA) is 920 Å². The number of carbonyl (C=O) groups is 5. The largest absolute Gasteiger partial charge is 0.480 e. The molecule has 7 rings (SSSR count).